The average molecular weight is 535 g/mol. The minimum atomic E-state index is -0.862. The van der Waals surface area contributed by atoms with Crippen LogP contribution in [0.4, 0.5) is 11.4 Å². The molecule has 178 valence electrons. The second-order valence-electron chi connectivity index (χ2n) is 8.20. The summed E-state index contributed by atoms with van der Waals surface area (Å²) in [5.74, 6) is -2.32. The van der Waals surface area contributed by atoms with Crippen molar-refractivity contribution in [2.24, 2.45) is 0 Å². The maximum Gasteiger partial charge on any atom is 0.337 e. The van der Waals surface area contributed by atoms with Crippen LogP contribution in [-0.2, 0) is 14.3 Å². The van der Waals surface area contributed by atoms with Gasteiger partial charge in [-0.25, -0.2) is 4.79 Å². The number of aliphatic hydroxyl groups is 1. The molecule has 4 rings (SSSR count). The Morgan fingerprint density at radius 1 is 0.914 bits per heavy atom. The molecule has 3 aromatic rings. The van der Waals surface area contributed by atoms with Gasteiger partial charge < -0.3 is 14.7 Å². The van der Waals surface area contributed by atoms with Gasteiger partial charge in [-0.2, -0.15) is 0 Å². The lowest BCUT2D eigenvalue weighted by molar-refractivity contribution is -0.132. The molecule has 0 saturated carbocycles. The number of ketones is 1. The topological polar surface area (TPSA) is 87.1 Å². The van der Waals surface area contributed by atoms with Crippen molar-refractivity contribution in [3.63, 3.8) is 0 Å². The van der Waals surface area contributed by atoms with E-state index in [1.54, 1.807) is 36.4 Å². The Hall–Kier alpha value is -3.91. The van der Waals surface area contributed by atoms with Gasteiger partial charge in [0.2, 0.25) is 0 Å². The fourth-order valence-electron chi connectivity index (χ4n) is 4.01. The van der Waals surface area contributed by atoms with Crippen LogP contribution >= 0.6 is 15.9 Å². The number of esters is 1. The Morgan fingerprint density at radius 2 is 1.49 bits per heavy atom. The number of Topliss-reactive ketones (excluding diaryl/α,β-unsaturated/α-hetero) is 1. The van der Waals surface area contributed by atoms with Gasteiger partial charge in [0, 0.05) is 35.5 Å². The van der Waals surface area contributed by atoms with E-state index < -0.39 is 23.7 Å². The van der Waals surface area contributed by atoms with E-state index in [0.717, 1.165) is 10.2 Å². The SMILES string of the molecule is COC(=O)c1ccc(N2C(=O)C(=O)/C(=C(/O)c3ccc(Br)cc3)C2c2ccc(N(C)C)cc2)cc1. The minimum absolute atomic E-state index is 0.00744. The number of benzene rings is 3. The van der Waals surface area contributed by atoms with Crippen LogP contribution in [0, 0.1) is 0 Å². The summed E-state index contributed by atoms with van der Waals surface area (Å²) in [5, 5.41) is 11.2. The molecule has 3 aromatic carbocycles. The maximum atomic E-state index is 13.3. The zero-order valence-corrected chi connectivity index (χ0v) is 20.9. The Labute approximate surface area is 211 Å². The maximum absolute atomic E-state index is 13.3. The van der Waals surface area contributed by atoms with Crippen LogP contribution in [0.3, 0.4) is 0 Å². The fraction of sp³-hybridized carbons (Fsp3) is 0.148. The number of ether oxygens (including phenoxy) is 1. The first-order valence-corrected chi connectivity index (χ1v) is 11.5. The van der Waals surface area contributed by atoms with Gasteiger partial charge in [0.05, 0.1) is 24.3 Å². The van der Waals surface area contributed by atoms with Crippen molar-refractivity contribution in [3.05, 3.63) is 99.5 Å². The van der Waals surface area contributed by atoms with E-state index in [1.807, 2.05) is 43.3 Å². The van der Waals surface area contributed by atoms with E-state index in [1.165, 1.54) is 24.1 Å². The van der Waals surface area contributed by atoms with Crippen molar-refractivity contribution < 1.29 is 24.2 Å². The normalized spacial score (nSPS) is 16.9. The third-order valence-electron chi connectivity index (χ3n) is 5.85. The number of amides is 1. The van der Waals surface area contributed by atoms with Crippen LogP contribution in [0.1, 0.15) is 27.5 Å². The van der Waals surface area contributed by atoms with Gasteiger partial charge in [-0.3, -0.25) is 14.5 Å². The summed E-state index contributed by atoms with van der Waals surface area (Å²) in [6, 6.07) is 19.6. The van der Waals surface area contributed by atoms with E-state index in [2.05, 4.69) is 15.9 Å². The van der Waals surface area contributed by atoms with Crippen molar-refractivity contribution in [1.82, 2.24) is 0 Å². The van der Waals surface area contributed by atoms with Gasteiger partial charge >= 0.3 is 5.97 Å². The van der Waals surface area contributed by atoms with Crippen molar-refractivity contribution >= 4 is 50.7 Å². The summed E-state index contributed by atoms with van der Waals surface area (Å²) < 4.78 is 5.56. The molecule has 8 heteroatoms. The zero-order chi connectivity index (χ0) is 25.3. The number of carbonyl (C=O) groups excluding carboxylic acids is 3. The molecular formula is C27H23BrN2O5. The third-order valence-corrected chi connectivity index (χ3v) is 6.38. The van der Waals surface area contributed by atoms with Crippen LogP contribution in [-0.4, -0.2) is 44.0 Å². The average Bonchev–Trinajstić information content (AvgIpc) is 3.14. The number of methoxy groups -OCH3 is 1. The molecule has 1 atom stereocenters. The summed E-state index contributed by atoms with van der Waals surface area (Å²) in [5.41, 5.74) is 2.74. The van der Waals surface area contributed by atoms with Crippen molar-refractivity contribution in [1.29, 1.82) is 0 Å². The van der Waals surface area contributed by atoms with Crippen LogP contribution in [0.2, 0.25) is 0 Å². The summed E-state index contributed by atoms with van der Waals surface area (Å²) in [6.45, 7) is 0. The second-order valence-corrected chi connectivity index (χ2v) is 9.12. The van der Waals surface area contributed by atoms with Gasteiger partial charge in [0.15, 0.2) is 0 Å². The lowest BCUT2D eigenvalue weighted by Gasteiger charge is -2.26. The highest BCUT2D eigenvalue weighted by atomic mass is 79.9. The Balaban J connectivity index is 1.88. The monoisotopic (exact) mass is 534 g/mol. The first-order valence-electron chi connectivity index (χ1n) is 10.8. The molecule has 1 unspecified atom stereocenters. The van der Waals surface area contributed by atoms with Crippen LogP contribution < -0.4 is 9.80 Å². The fourth-order valence-corrected chi connectivity index (χ4v) is 4.27. The molecule has 0 bridgehead atoms. The molecule has 1 N–H and O–H groups in total. The van der Waals surface area contributed by atoms with E-state index in [4.69, 9.17) is 4.74 Å². The van der Waals surface area contributed by atoms with Gasteiger partial charge in [-0.1, -0.05) is 40.2 Å². The van der Waals surface area contributed by atoms with E-state index >= 15 is 0 Å². The second kappa shape index (κ2) is 9.76. The predicted octanol–water partition coefficient (Wildman–Crippen LogP) is 4.93. The molecule has 1 saturated heterocycles. The smallest absolute Gasteiger partial charge is 0.337 e. The zero-order valence-electron chi connectivity index (χ0n) is 19.4. The van der Waals surface area contributed by atoms with Gasteiger partial charge in [0.25, 0.3) is 11.7 Å². The first kappa shape index (κ1) is 24.2. The van der Waals surface area contributed by atoms with Crippen molar-refractivity contribution in [3.8, 4) is 0 Å². The standard InChI is InChI=1S/C27H23BrN2O5/c1-29(2)20-12-6-16(7-13-20)23-22(24(31)17-4-10-19(28)11-5-17)25(32)26(33)30(23)21-14-8-18(9-15-21)27(34)35-3/h4-15,23,31H,1-3H3/b24-22+. The molecule has 1 aliphatic rings. The number of halogens is 1. The molecule has 0 aromatic heterocycles. The lowest BCUT2D eigenvalue weighted by Crippen LogP contribution is -2.29. The number of anilines is 2. The van der Waals surface area contributed by atoms with E-state index in [0.29, 0.717) is 22.4 Å². The summed E-state index contributed by atoms with van der Waals surface area (Å²) in [4.78, 5) is 41.7. The van der Waals surface area contributed by atoms with Gasteiger partial charge in [-0.05, 0) is 54.1 Å². The molecule has 0 radical (unpaired) electrons. The molecule has 1 amide bonds. The summed E-state index contributed by atoms with van der Waals surface area (Å²) >= 11 is 3.36. The third kappa shape index (κ3) is 4.57. The van der Waals surface area contributed by atoms with Crippen LogP contribution in [0.15, 0.2) is 82.8 Å². The Morgan fingerprint density at radius 3 is 2.03 bits per heavy atom. The predicted molar refractivity (Wildman–Crippen MR) is 137 cm³/mol. The lowest BCUT2D eigenvalue weighted by atomic mass is 9.95. The van der Waals surface area contributed by atoms with Crippen LogP contribution in [0.5, 0.6) is 0 Å². The Bertz CT molecular complexity index is 1310. The highest BCUT2D eigenvalue weighted by molar-refractivity contribution is 9.10. The first-order chi connectivity index (χ1) is 16.7. The number of hydrogen-bond acceptors (Lipinski definition) is 6. The molecule has 0 spiro atoms. The summed E-state index contributed by atoms with van der Waals surface area (Å²) in [6.07, 6.45) is 0. The summed E-state index contributed by atoms with van der Waals surface area (Å²) in [7, 11) is 5.11. The molecule has 1 aliphatic heterocycles. The van der Waals surface area contributed by atoms with Gasteiger partial charge in [0.1, 0.15) is 5.76 Å². The van der Waals surface area contributed by atoms with Crippen LogP contribution in [0.25, 0.3) is 5.76 Å². The number of carbonyl (C=O) groups is 3. The van der Waals surface area contributed by atoms with Crippen molar-refractivity contribution in [2.45, 2.75) is 6.04 Å². The van der Waals surface area contributed by atoms with E-state index in [-0.39, 0.29) is 11.3 Å². The highest BCUT2D eigenvalue weighted by Gasteiger charge is 2.47. The number of nitrogens with zero attached hydrogens (tertiary/aromatic N) is 2. The van der Waals surface area contributed by atoms with Crippen molar-refractivity contribution in [2.75, 3.05) is 31.0 Å². The number of aliphatic hydroxyl groups excluding tert-OH is 1. The molecule has 7 nitrogen and oxygen atoms in total. The number of rotatable bonds is 5. The number of hydrogen-bond donors (Lipinski definition) is 1. The van der Waals surface area contributed by atoms with Gasteiger partial charge in [-0.15, -0.1) is 0 Å². The molecular weight excluding hydrogens is 512 g/mol. The molecule has 1 heterocycles. The quantitative estimate of drug-likeness (QED) is 0.216. The van der Waals surface area contributed by atoms with E-state index in [9.17, 15) is 19.5 Å². The molecule has 1 fully saturated rings. The molecule has 0 aliphatic carbocycles. The minimum Gasteiger partial charge on any atom is -0.507 e. The highest BCUT2D eigenvalue weighted by Crippen LogP contribution is 2.42. The Kier molecular flexibility index (Phi) is 6.75. The largest absolute Gasteiger partial charge is 0.507 e. The molecule has 35 heavy (non-hydrogen) atoms.